The van der Waals surface area contributed by atoms with Crippen LogP contribution < -0.4 is 5.32 Å². The third-order valence-corrected chi connectivity index (χ3v) is 5.88. The number of amides is 2. The van der Waals surface area contributed by atoms with E-state index in [1.807, 2.05) is 71.4 Å². The molecule has 0 aliphatic rings. The standard InChI is InChI=1S/C25H22N4O2S/c1-28(2)25(31)32-23-14-7-6-13-21(23)27-24(30)19-11-8-12-20(17-19)29-22(15-16-26-29)18-9-4-3-5-10-18/h3-17H,1-2H3,(H,27,30). The van der Waals surface area contributed by atoms with Crippen molar-refractivity contribution in [3.63, 3.8) is 0 Å². The molecule has 7 heteroatoms. The molecule has 6 nitrogen and oxygen atoms in total. The first-order valence-electron chi connectivity index (χ1n) is 10.0. The number of carbonyl (C=O) groups excluding carboxylic acids is 2. The monoisotopic (exact) mass is 442 g/mol. The molecule has 0 aliphatic carbocycles. The Morgan fingerprint density at radius 1 is 0.906 bits per heavy atom. The Labute approximate surface area is 190 Å². The molecule has 0 spiro atoms. The number of thioether (sulfide) groups is 1. The van der Waals surface area contributed by atoms with E-state index in [9.17, 15) is 9.59 Å². The van der Waals surface area contributed by atoms with Crippen LogP contribution >= 0.6 is 11.8 Å². The molecule has 2 amide bonds. The number of carbonyl (C=O) groups is 2. The minimum Gasteiger partial charge on any atom is -0.339 e. The number of hydrogen-bond donors (Lipinski definition) is 1. The normalized spacial score (nSPS) is 10.6. The van der Waals surface area contributed by atoms with Crippen molar-refractivity contribution in [2.24, 2.45) is 0 Å². The number of benzene rings is 3. The van der Waals surface area contributed by atoms with Crippen molar-refractivity contribution in [3.8, 4) is 16.9 Å². The number of hydrogen-bond acceptors (Lipinski definition) is 4. The number of anilines is 1. The van der Waals surface area contributed by atoms with Crippen LogP contribution in [0.3, 0.4) is 0 Å². The molecule has 3 aromatic carbocycles. The summed E-state index contributed by atoms with van der Waals surface area (Å²) in [7, 11) is 3.39. The highest BCUT2D eigenvalue weighted by Gasteiger charge is 2.15. The topological polar surface area (TPSA) is 67.2 Å². The molecule has 4 aromatic rings. The maximum Gasteiger partial charge on any atom is 0.286 e. The fourth-order valence-electron chi connectivity index (χ4n) is 3.15. The van der Waals surface area contributed by atoms with Crippen molar-refractivity contribution in [1.29, 1.82) is 0 Å². The van der Waals surface area contributed by atoms with Crippen molar-refractivity contribution < 1.29 is 9.59 Å². The van der Waals surface area contributed by atoms with Gasteiger partial charge in [-0.05, 0) is 48.2 Å². The highest BCUT2D eigenvalue weighted by atomic mass is 32.2. The van der Waals surface area contributed by atoms with Gasteiger partial charge in [-0.3, -0.25) is 9.59 Å². The predicted molar refractivity (Wildman–Crippen MR) is 128 cm³/mol. The highest BCUT2D eigenvalue weighted by Crippen LogP contribution is 2.29. The molecule has 0 unspecified atom stereocenters. The van der Waals surface area contributed by atoms with Crippen LogP contribution in [-0.2, 0) is 0 Å². The van der Waals surface area contributed by atoms with E-state index >= 15 is 0 Å². The van der Waals surface area contributed by atoms with Gasteiger partial charge in [0, 0.05) is 30.1 Å². The van der Waals surface area contributed by atoms with Gasteiger partial charge in [-0.15, -0.1) is 0 Å². The van der Waals surface area contributed by atoms with Gasteiger partial charge < -0.3 is 10.2 Å². The van der Waals surface area contributed by atoms with E-state index in [-0.39, 0.29) is 11.1 Å². The van der Waals surface area contributed by atoms with Gasteiger partial charge in [-0.1, -0.05) is 48.5 Å². The molecular weight excluding hydrogens is 420 g/mol. The lowest BCUT2D eigenvalue weighted by Crippen LogP contribution is -2.17. The molecule has 32 heavy (non-hydrogen) atoms. The zero-order valence-electron chi connectivity index (χ0n) is 17.7. The average molecular weight is 443 g/mol. The molecule has 1 heterocycles. The van der Waals surface area contributed by atoms with Crippen LogP contribution in [0.2, 0.25) is 0 Å². The SMILES string of the molecule is CN(C)C(=O)Sc1ccccc1NC(=O)c1cccc(-n2nccc2-c2ccccc2)c1. The molecule has 0 saturated carbocycles. The molecule has 0 fully saturated rings. The predicted octanol–water partition coefficient (Wildman–Crippen LogP) is 5.57. The highest BCUT2D eigenvalue weighted by molar-refractivity contribution is 8.13. The van der Waals surface area contributed by atoms with E-state index in [0.717, 1.165) is 28.7 Å². The summed E-state index contributed by atoms with van der Waals surface area (Å²) in [5.41, 5.74) is 3.85. The number of rotatable bonds is 5. The number of aromatic nitrogens is 2. The molecule has 160 valence electrons. The second kappa shape index (κ2) is 9.53. The first-order chi connectivity index (χ1) is 15.5. The molecule has 4 rings (SSSR count). The van der Waals surface area contributed by atoms with E-state index in [1.54, 1.807) is 38.5 Å². The Bertz CT molecular complexity index is 1250. The maximum atomic E-state index is 13.0. The van der Waals surface area contributed by atoms with E-state index in [2.05, 4.69) is 10.4 Å². The Hall–Kier alpha value is -3.84. The molecule has 0 radical (unpaired) electrons. The van der Waals surface area contributed by atoms with Crippen LogP contribution in [0.15, 0.2) is 96.0 Å². The van der Waals surface area contributed by atoms with Crippen molar-refractivity contribution in [1.82, 2.24) is 14.7 Å². The molecule has 1 aromatic heterocycles. The summed E-state index contributed by atoms with van der Waals surface area (Å²) in [6.45, 7) is 0. The number of nitrogens with one attached hydrogen (secondary N) is 1. The van der Waals surface area contributed by atoms with Gasteiger partial charge in [-0.25, -0.2) is 4.68 Å². The van der Waals surface area contributed by atoms with Crippen LogP contribution in [-0.4, -0.2) is 39.9 Å². The third kappa shape index (κ3) is 4.73. The van der Waals surface area contributed by atoms with Crippen LogP contribution in [0.1, 0.15) is 10.4 Å². The Morgan fingerprint density at radius 2 is 1.66 bits per heavy atom. The van der Waals surface area contributed by atoms with Crippen LogP contribution in [0.25, 0.3) is 16.9 Å². The number of nitrogens with zero attached hydrogens (tertiary/aromatic N) is 3. The van der Waals surface area contributed by atoms with Crippen molar-refractivity contribution >= 4 is 28.6 Å². The lowest BCUT2D eigenvalue weighted by molar-refractivity contribution is 0.102. The van der Waals surface area contributed by atoms with E-state index in [1.165, 1.54) is 4.90 Å². The van der Waals surface area contributed by atoms with Gasteiger partial charge in [0.25, 0.3) is 11.1 Å². The van der Waals surface area contributed by atoms with Gasteiger partial charge in [0.1, 0.15) is 0 Å². The first-order valence-corrected chi connectivity index (χ1v) is 10.8. The lowest BCUT2D eigenvalue weighted by atomic mass is 10.1. The van der Waals surface area contributed by atoms with E-state index in [0.29, 0.717) is 16.1 Å². The first kappa shape index (κ1) is 21.4. The summed E-state index contributed by atoms with van der Waals surface area (Å²) < 4.78 is 1.81. The summed E-state index contributed by atoms with van der Waals surface area (Å²) in [4.78, 5) is 27.3. The average Bonchev–Trinajstić information content (AvgIpc) is 3.31. The summed E-state index contributed by atoms with van der Waals surface area (Å²) in [6, 6.07) is 26.5. The Balaban J connectivity index is 1.59. The quantitative estimate of drug-likeness (QED) is 0.411. The minimum atomic E-state index is -0.259. The second-order valence-electron chi connectivity index (χ2n) is 7.26. The van der Waals surface area contributed by atoms with Crippen molar-refractivity contribution in [2.45, 2.75) is 4.90 Å². The smallest absolute Gasteiger partial charge is 0.286 e. The van der Waals surface area contributed by atoms with E-state index < -0.39 is 0 Å². The van der Waals surface area contributed by atoms with Crippen LogP contribution in [0, 0.1) is 0 Å². The maximum absolute atomic E-state index is 13.0. The zero-order chi connectivity index (χ0) is 22.5. The Kier molecular flexibility index (Phi) is 6.37. The van der Waals surface area contributed by atoms with Gasteiger partial charge in [0.2, 0.25) is 0 Å². The van der Waals surface area contributed by atoms with Crippen molar-refractivity contribution in [3.05, 3.63) is 96.7 Å². The van der Waals surface area contributed by atoms with E-state index in [4.69, 9.17) is 0 Å². The fourth-order valence-corrected chi connectivity index (χ4v) is 3.90. The molecule has 0 aliphatic heterocycles. The van der Waals surface area contributed by atoms with Crippen LogP contribution in [0.5, 0.6) is 0 Å². The minimum absolute atomic E-state index is 0.110. The summed E-state index contributed by atoms with van der Waals surface area (Å²) in [5.74, 6) is -0.259. The summed E-state index contributed by atoms with van der Waals surface area (Å²) in [6.07, 6.45) is 1.74. The molecule has 0 atom stereocenters. The Morgan fingerprint density at radius 3 is 2.44 bits per heavy atom. The molecule has 0 saturated heterocycles. The molecule has 1 N–H and O–H groups in total. The van der Waals surface area contributed by atoms with Crippen molar-refractivity contribution in [2.75, 3.05) is 19.4 Å². The lowest BCUT2D eigenvalue weighted by Gasteiger charge is -2.14. The van der Waals surface area contributed by atoms with Gasteiger partial charge in [0.05, 0.1) is 23.3 Å². The third-order valence-electron chi connectivity index (χ3n) is 4.76. The number of para-hydroxylation sites is 1. The van der Waals surface area contributed by atoms with Gasteiger partial charge in [0.15, 0.2) is 0 Å². The zero-order valence-corrected chi connectivity index (χ0v) is 18.5. The summed E-state index contributed by atoms with van der Waals surface area (Å²) in [5, 5.41) is 7.27. The van der Waals surface area contributed by atoms with Gasteiger partial charge in [-0.2, -0.15) is 5.10 Å². The molecular formula is C25H22N4O2S. The largest absolute Gasteiger partial charge is 0.339 e. The molecule has 0 bridgehead atoms. The van der Waals surface area contributed by atoms with Gasteiger partial charge >= 0.3 is 0 Å². The summed E-state index contributed by atoms with van der Waals surface area (Å²) >= 11 is 1.07. The second-order valence-corrected chi connectivity index (χ2v) is 8.25. The fraction of sp³-hybridized carbons (Fsp3) is 0.0800. The van der Waals surface area contributed by atoms with Crippen LogP contribution in [0.4, 0.5) is 10.5 Å².